The Labute approximate surface area is 95.0 Å². The van der Waals surface area contributed by atoms with E-state index in [0.717, 1.165) is 12.8 Å². The maximum absolute atomic E-state index is 10.9. The molecule has 0 bridgehead atoms. The Morgan fingerprint density at radius 1 is 1.44 bits per heavy atom. The SMILES string of the molecule is CCC(CC)Oc1ccc(N)c(C(=O)O)c1. The van der Waals surface area contributed by atoms with Crippen LogP contribution in [0.5, 0.6) is 5.75 Å². The number of aromatic carboxylic acids is 1. The van der Waals surface area contributed by atoms with E-state index in [2.05, 4.69) is 0 Å². The molecule has 3 N–H and O–H groups in total. The quantitative estimate of drug-likeness (QED) is 0.752. The fraction of sp³-hybridized carbons (Fsp3) is 0.417. The van der Waals surface area contributed by atoms with Crippen LogP contribution in [0.1, 0.15) is 37.0 Å². The van der Waals surface area contributed by atoms with Gasteiger partial charge in [0.2, 0.25) is 0 Å². The van der Waals surface area contributed by atoms with Gasteiger partial charge in [-0.2, -0.15) is 0 Å². The maximum Gasteiger partial charge on any atom is 0.337 e. The minimum absolute atomic E-state index is 0.0865. The topological polar surface area (TPSA) is 72.5 Å². The van der Waals surface area contributed by atoms with Crippen molar-refractivity contribution in [1.82, 2.24) is 0 Å². The highest BCUT2D eigenvalue weighted by molar-refractivity contribution is 5.94. The minimum atomic E-state index is -1.03. The van der Waals surface area contributed by atoms with Crippen LogP contribution in [0.4, 0.5) is 5.69 Å². The molecular formula is C12H17NO3. The summed E-state index contributed by atoms with van der Waals surface area (Å²) in [6, 6.07) is 4.72. The zero-order valence-corrected chi connectivity index (χ0v) is 9.56. The van der Waals surface area contributed by atoms with Gasteiger partial charge in [0, 0.05) is 5.69 Å². The molecule has 0 heterocycles. The Hall–Kier alpha value is -1.71. The highest BCUT2D eigenvalue weighted by Crippen LogP contribution is 2.21. The van der Waals surface area contributed by atoms with Gasteiger partial charge >= 0.3 is 5.97 Å². The third-order valence-corrected chi connectivity index (χ3v) is 2.47. The van der Waals surface area contributed by atoms with Crippen LogP contribution in [0.2, 0.25) is 0 Å². The lowest BCUT2D eigenvalue weighted by Crippen LogP contribution is -2.14. The molecule has 0 aliphatic heterocycles. The second kappa shape index (κ2) is 5.39. The summed E-state index contributed by atoms with van der Waals surface area (Å²) in [5.41, 5.74) is 5.89. The summed E-state index contributed by atoms with van der Waals surface area (Å²) < 4.78 is 5.64. The van der Waals surface area contributed by atoms with Crippen molar-refractivity contribution >= 4 is 11.7 Å². The van der Waals surface area contributed by atoms with Crippen LogP contribution < -0.4 is 10.5 Å². The average Bonchev–Trinajstić information content (AvgIpc) is 2.27. The highest BCUT2D eigenvalue weighted by Gasteiger charge is 2.11. The van der Waals surface area contributed by atoms with Gasteiger partial charge in [0.15, 0.2) is 0 Å². The standard InChI is InChI=1S/C12H17NO3/c1-3-8(4-2)16-9-5-6-11(13)10(7-9)12(14)15/h5-8H,3-4,13H2,1-2H3,(H,14,15). The molecule has 0 aliphatic carbocycles. The van der Waals surface area contributed by atoms with Crippen molar-refractivity contribution in [1.29, 1.82) is 0 Å². The monoisotopic (exact) mass is 223 g/mol. The van der Waals surface area contributed by atoms with Crippen molar-refractivity contribution in [2.45, 2.75) is 32.8 Å². The zero-order valence-electron chi connectivity index (χ0n) is 9.56. The molecule has 0 aromatic heterocycles. The van der Waals surface area contributed by atoms with Gasteiger partial charge in [-0.3, -0.25) is 0 Å². The summed E-state index contributed by atoms with van der Waals surface area (Å²) >= 11 is 0. The first-order valence-electron chi connectivity index (χ1n) is 5.37. The third kappa shape index (κ3) is 2.89. The Kier molecular flexibility index (Phi) is 4.17. The van der Waals surface area contributed by atoms with E-state index in [1.807, 2.05) is 13.8 Å². The van der Waals surface area contributed by atoms with E-state index in [1.165, 1.54) is 6.07 Å². The maximum atomic E-state index is 10.9. The van der Waals surface area contributed by atoms with E-state index in [1.54, 1.807) is 12.1 Å². The number of hydrogen-bond acceptors (Lipinski definition) is 3. The van der Waals surface area contributed by atoms with E-state index in [-0.39, 0.29) is 17.4 Å². The molecule has 1 aromatic carbocycles. The number of benzene rings is 1. The van der Waals surface area contributed by atoms with E-state index < -0.39 is 5.97 Å². The zero-order chi connectivity index (χ0) is 12.1. The van der Waals surface area contributed by atoms with Crippen LogP contribution in [-0.4, -0.2) is 17.2 Å². The first-order valence-corrected chi connectivity index (χ1v) is 5.37. The van der Waals surface area contributed by atoms with Crippen LogP contribution in [0, 0.1) is 0 Å². The van der Waals surface area contributed by atoms with E-state index in [9.17, 15) is 4.79 Å². The molecule has 0 amide bonds. The van der Waals surface area contributed by atoms with Gasteiger partial charge in [-0.1, -0.05) is 13.8 Å². The Morgan fingerprint density at radius 3 is 2.56 bits per heavy atom. The van der Waals surface area contributed by atoms with Crippen molar-refractivity contribution in [2.24, 2.45) is 0 Å². The first kappa shape index (κ1) is 12.4. The molecule has 4 nitrogen and oxygen atoms in total. The van der Waals surface area contributed by atoms with Crippen LogP contribution >= 0.6 is 0 Å². The van der Waals surface area contributed by atoms with E-state index in [0.29, 0.717) is 5.75 Å². The Balaban J connectivity index is 2.90. The third-order valence-electron chi connectivity index (χ3n) is 2.47. The second-order valence-corrected chi connectivity index (χ2v) is 3.61. The van der Waals surface area contributed by atoms with Gasteiger partial charge in [-0.05, 0) is 31.0 Å². The van der Waals surface area contributed by atoms with Gasteiger partial charge in [0.1, 0.15) is 5.75 Å². The van der Waals surface area contributed by atoms with Gasteiger partial charge in [0.25, 0.3) is 0 Å². The first-order chi connectivity index (χ1) is 7.58. The molecule has 0 unspecified atom stereocenters. The van der Waals surface area contributed by atoms with Crippen LogP contribution in [0.25, 0.3) is 0 Å². The molecule has 16 heavy (non-hydrogen) atoms. The predicted octanol–water partition coefficient (Wildman–Crippen LogP) is 2.53. The fourth-order valence-corrected chi connectivity index (χ4v) is 1.44. The van der Waals surface area contributed by atoms with Gasteiger partial charge in [0.05, 0.1) is 11.7 Å². The summed E-state index contributed by atoms with van der Waals surface area (Å²) in [7, 11) is 0. The number of carbonyl (C=O) groups is 1. The minimum Gasteiger partial charge on any atom is -0.490 e. The fourth-order valence-electron chi connectivity index (χ4n) is 1.44. The van der Waals surface area contributed by atoms with E-state index in [4.69, 9.17) is 15.6 Å². The molecule has 0 aliphatic rings. The lowest BCUT2D eigenvalue weighted by atomic mass is 10.1. The summed E-state index contributed by atoms with van der Waals surface area (Å²) in [5.74, 6) is -0.479. The number of carboxylic acids is 1. The van der Waals surface area contributed by atoms with Gasteiger partial charge in [-0.25, -0.2) is 4.79 Å². The normalized spacial score (nSPS) is 10.4. The lowest BCUT2D eigenvalue weighted by molar-refractivity contribution is 0.0697. The molecular weight excluding hydrogens is 206 g/mol. The van der Waals surface area contributed by atoms with Gasteiger partial charge in [-0.15, -0.1) is 0 Å². The Morgan fingerprint density at radius 2 is 2.06 bits per heavy atom. The van der Waals surface area contributed by atoms with Crippen LogP contribution in [0.15, 0.2) is 18.2 Å². The second-order valence-electron chi connectivity index (χ2n) is 3.61. The van der Waals surface area contributed by atoms with Crippen molar-refractivity contribution in [3.8, 4) is 5.75 Å². The number of nitrogens with two attached hydrogens (primary N) is 1. The average molecular weight is 223 g/mol. The lowest BCUT2D eigenvalue weighted by Gasteiger charge is -2.16. The summed E-state index contributed by atoms with van der Waals surface area (Å²) in [6.07, 6.45) is 1.90. The van der Waals surface area contributed by atoms with Crippen LogP contribution in [0.3, 0.4) is 0 Å². The summed E-state index contributed by atoms with van der Waals surface area (Å²) in [6.45, 7) is 4.06. The number of nitrogen functional groups attached to an aromatic ring is 1. The molecule has 0 fully saturated rings. The van der Waals surface area contributed by atoms with Gasteiger partial charge < -0.3 is 15.6 Å². The summed E-state index contributed by atoms with van der Waals surface area (Å²) in [4.78, 5) is 10.9. The number of anilines is 1. The number of rotatable bonds is 5. The molecule has 88 valence electrons. The van der Waals surface area contributed by atoms with Crippen molar-refractivity contribution in [2.75, 3.05) is 5.73 Å². The molecule has 0 saturated carbocycles. The molecule has 0 spiro atoms. The van der Waals surface area contributed by atoms with Crippen molar-refractivity contribution in [3.63, 3.8) is 0 Å². The van der Waals surface area contributed by atoms with Crippen LogP contribution in [-0.2, 0) is 0 Å². The predicted molar refractivity (Wildman–Crippen MR) is 62.8 cm³/mol. The molecule has 0 atom stereocenters. The molecule has 4 heteroatoms. The largest absolute Gasteiger partial charge is 0.490 e. The van der Waals surface area contributed by atoms with Crippen molar-refractivity contribution in [3.05, 3.63) is 23.8 Å². The molecule has 1 rings (SSSR count). The smallest absolute Gasteiger partial charge is 0.337 e. The molecule has 0 radical (unpaired) electrons. The number of hydrogen-bond donors (Lipinski definition) is 2. The Bertz CT molecular complexity index is 373. The molecule has 0 saturated heterocycles. The summed E-state index contributed by atoms with van der Waals surface area (Å²) in [5, 5.41) is 8.90. The van der Waals surface area contributed by atoms with E-state index >= 15 is 0 Å². The molecule has 1 aromatic rings. The highest BCUT2D eigenvalue weighted by atomic mass is 16.5. The van der Waals surface area contributed by atoms with Crippen molar-refractivity contribution < 1.29 is 14.6 Å². The number of ether oxygens (including phenoxy) is 1. The number of carboxylic acid groups (broad SMARTS) is 1.